The molecule has 0 unspecified atom stereocenters. The predicted octanol–water partition coefficient (Wildman–Crippen LogP) is 4.47. The van der Waals surface area contributed by atoms with Crippen molar-refractivity contribution in [3.05, 3.63) is 75.4 Å². The summed E-state index contributed by atoms with van der Waals surface area (Å²) in [6.45, 7) is 0. The first-order valence-corrected chi connectivity index (χ1v) is 7.58. The van der Waals surface area contributed by atoms with E-state index in [0.717, 1.165) is 16.3 Å². The van der Waals surface area contributed by atoms with E-state index in [0.29, 0.717) is 10.4 Å². The molecule has 0 aliphatic carbocycles. The minimum atomic E-state index is -0.00295. The Bertz CT molecular complexity index is 798. The second kappa shape index (κ2) is 5.73. The van der Waals surface area contributed by atoms with E-state index in [-0.39, 0.29) is 5.43 Å². The highest BCUT2D eigenvalue weighted by atomic mass is 35.5. The molecule has 100 valence electrons. The van der Waals surface area contributed by atoms with E-state index in [9.17, 15) is 4.79 Å². The Morgan fingerprint density at radius 1 is 1.05 bits per heavy atom. The molecular weight excluding hydrogens is 290 g/mol. The third-order valence-electron chi connectivity index (χ3n) is 3.00. The average molecular weight is 302 g/mol. The van der Waals surface area contributed by atoms with Crippen LogP contribution in [0, 0.1) is 0 Å². The second-order valence-electron chi connectivity index (χ2n) is 4.46. The van der Waals surface area contributed by atoms with Crippen LogP contribution in [-0.4, -0.2) is 4.98 Å². The zero-order valence-electron chi connectivity index (χ0n) is 10.6. The monoisotopic (exact) mass is 301 g/mol. The van der Waals surface area contributed by atoms with Crippen LogP contribution in [0.25, 0.3) is 10.9 Å². The van der Waals surface area contributed by atoms with Gasteiger partial charge in [0.15, 0.2) is 5.43 Å². The number of hydrogen-bond acceptors (Lipinski definition) is 2. The van der Waals surface area contributed by atoms with Crippen LogP contribution in [0.4, 0.5) is 0 Å². The molecule has 0 bridgehead atoms. The molecule has 1 heterocycles. The summed E-state index contributed by atoms with van der Waals surface area (Å²) in [5.41, 5.74) is 2.05. The van der Waals surface area contributed by atoms with Gasteiger partial charge in [0.2, 0.25) is 0 Å². The Balaban J connectivity index is 1.89. The van der Waals surface area contributed by atoms with Crippen molar-refractivity contribution in [2.45, 2.75) is 10.8 Å². The zero-order valence-corrected chi connectivity index (χ0v) is 12.2. The minimum absolute atomic E-state index is 0.00295. The Morgan fingerprint density at radius 3 is 2.65 bits per heavy atom. The van der Waals surface area contributed by atoms with Crippen molar-refractivity contribution >= 4 is 34.3 Å². The van der Waals surface area contributed by atoms with Gasteiger partial charge in [-0.05, 0) is 23.8 Å². The van der Waals surface area contributed by atoms with E-state index in [2.05, 4.69) is 17.1 Å². The highest BCUT2D eigenvalue weighted by Crippen LogP contribution is 2.22. The Morgan fingerprint density at radius 2 is 1.85 bits per heavy atom. The van der Waals surface area contributed by atoms with Crippen LogP contribution in [0.1, 0.15) is 5.56 Å². The molecule has 3 rings (SSSR count). The molecule has 0 aliphatic rings. The quantitative estimate of drug-likeness (QED) is 0.724. The van der Waals surface area contributed by atoms with E-state index >= 15 is 0 Å². The smallest absolute Gasteiger partial charge is 0.190 e. The van der Waals surface area contributed by atoms with Crippen LogP contribution in [-0.2, 0) is 5.75 Å². The van der Waals surface area contributed by atoms with Gasteiger partial charge in [-0.2, -0.15) is 0 Å². The van der Waals surface area contributed by atoms with E-state index in [4.69, 9.17) is 11.6 Å². The number of halogens is 1. The lowest BCUT2D eigenvalue weighted by molar-refractivity contribution is 1.17. The van der Waals surface area contributed by atoms with Gasteiger partial charge in [-0.1, -0.05) is 41.9 Å². The molecule has 0 atom stereocenters. The number of rotatable bonds is 3. The predicted molar refractivity (Wildman–Crippen MR) is 85.6 cm³/mol. The Labute approximate surface area is 125 Å². The molecular formula is C16H12ClNOS. The first-order chi connectivity index (χ1) is 9.72. The van der Waals surface area contributed by atoms with Gasteiger partial charge < -0.3 is 4.98 Å². The lowest BCUT2D eigenvalue weighted by Crippen LogP contribution is -2.02. The van der Waals surface area contributed by atoms with Crippen LogP contribution in [0.3, 0.4) is 0 Å². The summed E-state index contributed by atoms with van der Waals surface area (Å²) in [5.74, 6) is 0.829. The summed E-state index contributed by atoms with van der Waals surface area (Å²) in [7, 11) is 0. The van der Waals surface area contributed by atoms with E-state index in [1.165, 1.54) is 5.56 Å². The van der Waals surface area contributed by atoms with Crippen molar-refractivity contribution in [1.82, 2.24) is 4.98 Å². The van der Waals surface area contributed by atoms with Crippen molar-refractivity contribution in [2.24, 2.45) is 0 Å². The van der Waals surface area contributed by atoms with Gasteiger partial charge in [0, 0.05) is 22.2 Å². The van der Waals surface area contributed by atoms with Gasteiger partial charge in [0.1, 0.15) is 0 Å². The van der Waals surface area contributed by atoms with E-state index in [1.54, 1.807) is 30.0 Å². The number of aromatic nitrogens is 1. The number of fused-ring (bicyclic) bond motifs is 1. The van der Waals surface area contributed by atoms with Gasteiger partial charge in [-0.25, -0.2) is 0 Å². The molecule has 1 N–H and O–H groups in total. The number of pyridine rings is 1. The maximum absolute atomic E-state index is 12.1. The van der Waals surface area contributed by atoms with Crippen molar-refractivity contribution in [1.29, 1.82) is 0 Å². The highest BCUT2D eigenvalue weighted by Gasteiger charge is 2.04. The van der Waals surface area contributed by atoms with Gasteiger partial charge in [-0.15, -0.1) is 11.8 Å². The second-order valence-corrected chi connectivity index (χ2v) is 5.92. The first kappa shape index (κ1) is 13.3. The van der Waals surface area contributed by atoms with Crippen LogP contribution < -0.4 is 5.43 Å². The summed E-state index contributed by atoms with van der Waals surface area (Å²) in [4.78, 5) is 15.3. The number of aromatic amines is 1. The number of nitrogens with one attached hydrogen (secondary N) is 1. The number of hydrogen-bond donors (Lipinski definition) is 1. The molecule has 0 fully saturated rings. The highest BCUT2D eigenvalue weighted by molar-refractivity contribution is 7.98. The van der Waals surface area contributed by atoms with Crippen molar-refractivity contribution < 1.29 is 0 Å². The van der Waals surface area contributed by atoms with Crippen molar-refractivity contribution in [2.75, 3.05) is 0 Å². The molecule has 2 nitrogen and oxygen atoms in total. The van der Waals surface area contributed by atoms with Crippen LogP contribution in [0.15, 0.2) is 64.4 Å². The fraction of sp³-hybridized carbons (Fsp3) is 0.0625. The summed E-state index contributed by atoms with van der Waals surface area (Å²) in [5, 5.41) is 2.07. The lowest BCUT2D eigenvalue weighted by Gasteiger charge is -2.05. The van der Waals surface area contributed by atoms with Gasteiger partial charge in [0.25, 0.3) is 0 Å². The van der Waals surface area contributed by atoms with E-state index < -0.39 is 0 Å². The Hall–Kier alpha value is -1.71. The van der Waals surface area contributed by atoms with E-state index in [1.807, 2.05) is 24.3 Å². The number of thioether (sulfide) groups is 1. The summed E-state index contributed by atoms with van der Waals surface area (Å²) in [6.07, 6.45) is 0. The topological polar surface area (TPSA) is 32.9 Å². The summed E-state index contributed by atoms with van der Waals surface area (Å²) >= 11 is 7.53. The normalized spacial score (nSPS) is 10.8. The van der Waals surface area contributed by atoms with Crippen LogP contribution in [0.2, 0.25) is 5.02 Å². The molecule has 3 aromatic rings. The lowest BCUT2D eigenvalue weighted by atomic mass is 10.2. The zero-order chi connectivity index (χ0) is 13.9. The molecule has 0 saturated carbocycles. The molecule has 20 heavy (non-hydrogen) atoms. The first-order valence-electron chi connectivity index (χ1n) is 6.22. The van der Waals surface area contributed by atoms with Crippen LogP contribution in [0.5, 0.6) is 0 Å². The van der Waals surface area contributed by atoms with Crippen molar-refractivity contribution in [3.8, 4) is 0 Å². The number of benzene rings is 2. The molecule has 0 amide bonds. The average Bonchev–Trinajstić information content (AvgIpc) is 2.47. The standard InChI is InChI=1S/C16H12ClNOS/c17-12-6-7-14-13(8-12)15(19)9-16(18-14)20-10-11-4-2-1-3-5-11/h1-9H,10H2,(H,18,19). The third kappa shape index (κ3) is 2.89. The van der Waals surface area contributed by atoms with Crippen LogP contribution >= 0.6 is 23.4 Å². The third-order valence-corrected chi connectivity index (χ3v) is 4.25. The molecule has 2 aromatic carbocycles. The summed E-state index contributed by atoms with van der Waals surface area (Å²) in [6, 6.07) is 17.1. The molecule has 4 heteroatoms. The summed E-state index contributed by atoms with van der Waals surface area (Å²) < 4.78 is 0. The Kier molecular flexibility index (Phi) is 3.81. The SMILES string of the molecule is O=c1cc(SCc2ccccc2)[nH]c2ccc(Cl)cc12. The van der Waals surface area contributed by atoms with Crippen molar-refractivity contribution in [3.63, 3.8) is 0 Å². The molecule has 0 aliphatic heterocycles. The molecule has 0 saturated heterocycles. The molecule has 0 spiro atoms. The van der Waals surface area contributed by atoms with Gasteiger partial charge in [0.05, 0.1) is 10.5 Å². The fourth-order valence-corrected chi connectivity index (χ4v) is 3.07. The largest absolute Gasteiger partial charge is 0.350 e. The van der Waals surface area contributed by atoms with Gasteiger partial charge in [-0.3, -0.25) is 4.79 Å². The minimum Gasteiger partial charge on any atom is -0.350 e. The molecule has 0 radical (unpaired) electrons. The maximum atomic E-state index is 12.1. The maximum Gasteiger partial charge on any atom is 0.190 e. The molecule has 1 aromatic heterocycles. The fourth-order valence-electron chi connectivity index (χ4n) is 2.01. The number of H-pyrrole nitrogens is 1. The van der Waals surface area contributed by atoms with Gasteiger partial charge >= 0.3 is 0 Å².